The van der Waals surface area contributed by atoms with Gasteiger partial charge in [-0.3, -0.25) is 9.78 Å². The van der Waals surface area contributed by atoms with Crippen LogP contribution < -0.4 is 5.73 Å². The third-order valence-electron chi connectivity index (χ3n) is 2.20. The Morgan fingerprint density at radius 1 is 1.67 bits per heavy atom. The number of nitrogens with two attached hydrogens (primary N) is 1. The van der Waals surface area contributed by atoms with Gasteiger partial charge < -0.3 is 15.3 Å². The first-order valence-electron chi connectivity index (χ1n) is 4.47. The monoisotopic (exact) mass is 206 g/mol. The van der Waals surface area contributed by atoms with Crippen molar-refractivity contribution < 1.29 is 14.3 Å². The number of fused-ring (bicyclic) bond motifs is 1. The fourth-order valence-electron chi connectivity index (χ4n) is 1.49. The molecule has 2 aromatic heterocycles. The van der Waals surface area contributed by atoms with Gasteiger partial charge in [0, 0.05) is 23.2 Å². The second-order valence-corrected chi connectivity index (χ2v) is 3.27. The zero-order chi connectivity index (χ0) is 10.8. The molecule has 0 amide bonds. The quantitative estimate of drug-likeness (QED) is 0.790. The molecule has 1 atom stereocenters. The van der Waals surface area contributed by atoms with Crippen molar-refractivity contribution >= 4 is 16.9 Å². The van der Waals surface area contributed by atoms with Gasteiger partial charge in [-0.05, 0) is 6.07 Å². The maximum absolute atomic E-state index is 10.5. The largest absolute Gasteiger partial charge is 0.481 e. The highest BCUT2D eigenvalue weighted by atomic mass is 16.4. The molecular formula is C10H10N2O3. The average Bonchev–Trinajstić information content (AvgIpc) is 2.59. The van der Waals surface area contributed by atoms with E-state index in [0.717, 1.165) is 5.39 Å². The van der Waals surface area contributed by atoms with Crippen molar-refractivity contribution in [1.29, 1.82) is 0 Å². The summed E-state index contributed by atoms with van der Waals surface area (Å²) in [5.74, 6) is -0.925. The molecule has 0 aliphatic heterocycles. The zero-order valence-corrected chi connectivity index (χ0v) is 7.88. The smallest absolute Gasteiger partial charge is 0.305 e. The molecule has 0 saturated carbocycles. The van der Waals surface area contributed by atoms with Gasteiger partial charge >= 0.3 is 5.97 Å². The van der Waals surface area contributed by atoms with Gasteiger partial charge in [-0.15, -0.1) is 0 Å². The number of hydrogen-bond acceptors (Lipinski definition) is 4. The maximum atomic E-state index is 10.5. The minimum Gasteiger partial charge on any atom is -0.481 e. The third-order valence-corrected chi connectivity index (χ3v) is 2.20. The van der Waals surface area contributed by atoms with E-state index in [2.05, 4.69) is 4.98 Å². The molecule has 15 heavy (non-hydrogen) atoms. The molecule has 3 N–H and O–H groups in total. The average molecular weight is 206 g/mol. The SMILES string of the molecule is NC(CC(=O)O)c1coc2cnccc12. The first-order valence-corrected chi connectivity index (χ1v) is 4.47. The lowest BCUT2D eigenvalue weighted by atomic mass is 10.1. The second kappa shape index (κ2) is 3.70. The number of carbonyl (C=O) groups is 1. The topological polar surface area (TPSA) is 89.4 Å². The van der Waals surface area contributed by atoms with E-state index in [1.807, 2.05) is 0 Å². The molecule has 2 aromatic rings. The maximum Gasteiger partial charge on any atom is 0.305 e. The molecule has 0 saturated heterocycles. The first kappa shape index (κ1) is 9.67. The van der Waals surface area contributed by atoms with Crippen LogP contribution in [0.2, 0.25) is 0 Å². The summed E-state index contributed by atoms with van der Waals surface area (Å²) in [6, 6.07) is 1.21. The summed E-state index contributed by atoms with van der Waals surface area (Å²) in [5.41, 5.74) is 7.07. The van der Waals surface area contributed by atoms with Crippen LogP contribution in [-0.2, 0) is 4.79 Å². The molecule has 0 fully saturated rings. The second-order valence-electron chi connectivity index (χ2n) is 3.27. The van der Waals surface area contributed by atoms with Crippen LogP contribution in [0.25, 0.3) is 11.0 Å². The number of pyridine rings is 1. The molecule has 2 rings (SSSR count). The molecular weight excluding hydrogens is 196 g/mol. The molecule has 2 heterocycles. The van der Waals surface area contributed by atoms with E-state index in [9.17, 15) is 4.79 Å². The van der Waals surface area contributed by atoms with Gasteiger partial charge in [0.15, 0.2) is 5.58 Å². The van der Waals surface area contributed by atoms with Gasteiger partial charge in [-0.1, -0.05) is 0 Å². The number of rotatable bonds is 3. The molecule has 0 aliphatic carbocycles. The Kier molecular flexibility index (Phi) is 2.39. The van der Waals surface area contributed by atoms with E-state index in [1.54, 1.807) is 18.5 Å². The Hall–Kier alpha value is -1.88. The summed E-state index contributed by atoms with van der Waals surface area (Å²) < 4.78 is 5.22. The van der Waals surface area contributed by atoms with E-state index in [4.69, 9.17) is 15.3 Å². The van der Waals surface area contributed by atoms with E-state index in [-0.39, 0.29) is 6.42 Å². The summed E-state index contributed by atoms with van der Waals surface area (Å²) in [7, 11) is 0. The van der Waals surface area contributed by atoms with Gasteiger partial charge in [-0.25, -0.2) is 0 Å². The van der Waals surface area contributed by atoms with Crippen LogP contribution >= 0.6 is 0 Å². The fraction of sp³-hybridized carbons (Fsp3) is 0.200. The van der Waals surface area contributed by atoms with Crippen LogP contribution in [0.3, 0.4) is 0 Å². The van der Waals surface area contributed by atoms with Crippen LogP contribution in [0.1, 0.15) is 18.0 Å². The van der Waals surface area contributed by atoms with Crippen LogP contribution in [0.5, 0.6) is 0 Å². The molecule has 5 heteroatoms. The molecule has 78 valence electrons. The van der Waals surface area contributed by atoms with E-state index in [1.165, 1.54) is 6.26 Å². The molecule has 0 bridgehead atoms. The van der Waals surface area contributed by atoms with Gasteiger partial charge in [-0.2, -0.15) is 0 Å². The Balaban J connectivity index is 2.39. The number of furan rings is 1. The van der Waals surface area contributed by atoms with Crippen molar-refractivity contribution in [2.75, 3.05) is 0 Å². The third kappa shape index (κ3) is 1.82. The lowest BCUT2D eigenvalue weighted by Crippen LogP contribution is -2.14. The highest BCUT2D eigenvalue weighted by Gasteiger charge is 2.15. The van der Waals surface area contributed by atoms with Gasteiger partial charge in [0.2, 0.25) is 0 Å². The number of hydrogen-bond donors (Lipinski definition) is 2. The first-order chi connectivity index (χ1) is 7.18. The Morgan fingerprint density at radius 3 is 3.20 bits per heavy atom. The van der Waals surface area contributed by atoms with E-state index in [0.29, 0.717) is 11.1 Å². The van der Waals surface area contributed by atoms with Crippen LogP contribution in [-0.4, -0.2) is 16.1 Å². The molecule has 0 radical (unpaired) electrons. The fourth-order valence-corrected chi connectivity index (χ4v) is 1.49. The van der Waals surface area contributed by atoms with Crippen molar-refractivity contribution in [2.24, 2.45) is 5.73 Å². The summed E-state index contributed by atoms with van der Waals surface area (Å²) in [5, 5.41) is 9.45. The minimum absolute atomic E-state index is 0.114. The standard InChI is InChI=1S/C10H10N2O3/c11-8(3-10(13)14)7-5-15-9-4-12-2-1-6(7)9/h1-2,4-5,8H,3,11H2,(H,13,14). The summed E-state index contributed by atoms with van der Waals surface area (Å²) >= 11 is 0. The van der Waals surface area contributed by atoms with Gasteiger partial charge in [0.05, 0.1) is 18.9 Å². The van der Waals surface area contributed by atoms with E-state index < -0.39 is 12.0 Å². The highest BCUT2D eigenvalue weighted by Crippen LogP contribution is 2.25. The molecule has 0 spiro atoms. The molecule has 1 unspecified atom stereocenters. The number of carboxylic acid groups (broad SMARTS) is 1. The molecule has 0 aliphatic rings. The van der Waals surface area contributed by atoms with Crippen molar-refractivity contribution in [2.45, 2.75) is 12.5 Å². The van der Waals surface area contributed by atoms with Crippen LogP contribution in [0.4, 0.5) is 0 Å². The van der Waals surface area contributed by atoms with Crippen LogP contribution in [0.15, 0.2) is 29.1 Å². The lowest BCUT2D eigenvalue weighted by Gasteiger charge is -2.05. The minimum atomic E-state index is -0.925. The number of nitrogens with zero attached hydrogens (tertiary/aromatic N) is 1. The Bertz CT molecular complexity index is 492. The number of carboxylic acids is 1. The van der Waals surface area contributed by atoms with Gasteiger partial charge in [0.25, 0.3) is 0 Å². The summed E-state index contributed by atoms with van der Waals surface area (Å²) in [4.78, 5) is 14.4. The predicted octanol–water partition coefficient (Wildman–Crippen LogP) is 1.30. The predicted molar refractivity (Wildman–Crippen MR) is 53.2 cm³/mol. The molecule has 0 aromatic carbocycles. The van der Waals surface area contributed by atoms with Crippen molar-refractivity contribution in [1.82, 2.24) is 4.98 Å². The van der Waals surface area contributed by atoms with Crippen molar-refractivity contribution in [3.63, 3.8) is 0 Å². The normalized spacial score (nSPS) is 12.9. The van der Waals surface area contributed by atoms with Crippen molar-refractivity contribution in [3.8, 4) is 0 Å². The Morgan fingerprint density at radius 2 is 2.47 bits per heavy atom. The van der Waals surface area contributed by atoms with Crippen molar-refractivity contribution in [3.05, 3.63) is 30.3 Å². The molecule has 5 nitrogen and oxygen atoms in total. The zero-order valence-electron chi connectivity index (χ0n) is 7.88. The lowest BCUT2D eigenvalue weighted by molar-refractivity contribution is -0.137. The number of aliphatic carboxylic acids is 1. The van der Waals surface area contributed by atoms with Gasteiger partial charge in [0.1, 0.15) is 0 Å². The Labute approximate surface area is 85.5 Å². The number of aromatic nitrogens is 1. The van der Waals surface area contributed by atoms with E-state index >= 15 is 0 Å². The summed E-state index contributed by atoms with van der Waals surface area (Å²) in [6.45, 7) is 0. The summed E-state index contributed by atoms with van der Waals surface area (Å²) in [6.07, 6.45) is 4.57. The van der Waals surface area contributed by atoms with Crippen LogP contribution in [0, 0.1) is 0 Å². The highest BCUT2D eigenvalue weighted by molar-refractivity contribution is 5.81.